The maximum atomic E-state index is 11.9. The molecule has 158 valence electrons. The minimum atomic E-state index is -1.42. The van der Waals surface area contributed by atoms with Gasteiger partial charge < -0.3 is 37.6 Å². The van der Waals surface area contributed by atoms with Gasteiger partial charge in [-0.15, -0.1) is 0 Å². The SMILES string of the molecule is CC(NC(=O)C(N)CCC(N)=O)C(=O)NCC(=O)NC(CCC(=O)O)C(=O)O. The number of primary amides is 1. The summed E-state index contributed by atoms with van der Waals surface area (Å²) in [6.07, 6.45) is -0.866. The molecule has 3 unspecified atom stereocenters. The Morgan fingerprint density at radius 2 is 1.54 bits per heavy atom. The molecule has 28 heavy (non-hydrogen) atoms. The highest BCUT2D eigenvalue weighted by molar-refractivity contribution is 5.92. The summed E-state index contributed by atoms with van der Waals surface area (Å²) >= 11 is 0. The van der Waals surface area contributed by atoms with E-state index in [-0.39, 0.29) is 19.3 Å². The number of rotatable bonds is 13. The van der Waals surface area contributed by atoms with Crippen LogP contribution in [0.3, 0.4) is 0 Å². The van der Waals surface area contributed by atoms with Crippen LogP contribution in [0, 0.1) is 0 Å². The number of nitrogens with one attached hydrogen (secondary N) is 3. The van der Waals surface area contributed by atoms with Crippen molar-refractivity contribution in [3.63, 3.8) is 0 Å². The molecule has 0 aliphatic carbocycles. The van der Waals surface area contributed by atoms with Crippen molar-refractivity contribution in [1.82, 2.24) is 16.0 Å². The van der Waals surface area contributed by atoms with Gasteiger partial charge in [0.05, 0.1) is 12.6 Å². The maximum absolute atomic E-state index is 11.9. The molecular formula is C15H25N5O8. The summed E-state index contributed by atoms with van der Waals surface area (Å²) in [5, 5.41) is 24.1. The Balaban J connectivity index is 4.40. The lowest BCUT2D eigenvalue weighted by Gasteiger charge is -2.18. The molecule has 9 N–H and O–H groups in total. The molecule has 0 aromatic rings. The van der Waals surface area contributed by atoms with E-state index in [9.17, 15) is 28.8 Å². The first-order chi connectivity index (χ1) is 12.9. The zero-order chi connectivity index (χ0) is 21.9. The topological polar surface area (TPSA) is 231 Å². The van der Waals surface area contributed by atoms with Gasteiger partial charge in [-0.3, -0.25) is 24.0 Å². The molecule has 0 heterocycles. The highest BCUT2D eigenvalue weighted by atomic mass is 16.4. The average molecular weight is 403 g/mol. The summed E-state index contributed by atoms with van der Waals surface area (Å²) in [5.41, 5.74) is 10.5. The number of carboxylic acids is 2. The van der Waals surface area contributed by atoms with Gasteiger partial charge in [-0.25, -0.2) is 4.79 Å². The highest BCUT2D eigenvalue weighted by Crippen LogP contribution is 1.98. The van der Waals surface area contributed by atoms with Crippen molar-refractivity contribution >= 4 is 35.6 Å². The molecule has 0 spiro atoms. The third-order valence-electron chi connectivity index (χ3n) is 3.49. The third-order valence-corrected chi connectivity index (χ3v) is 3.49. The number of hydrogen-bond donors (Lipinski definition) is 7. The Hall–Kier alpha value is -3.22. The normalized spacial score (nSPS) is 13.5. The average Bonchev–Trinajstić information content (AvgIpc) is 2.60. The van der Waals surface area contributed by atoms with Crippen molar-refractivity contribution in [1.29, 1.82) is 0 Å². The molecule has 0 radical (unpaired) electrons. The first-order valence-corrected chi connectivity index (χ1v) is 8.30. The second kappa shape index (κ2) is 12.2. The number of hydrogen-bond acceptors (Lipinski definition) is 7. The Labute approximate surface area is 160 Å². The number of aliphatic carboxylic acids is 2. The summed E-state index contributed by atoms with van der Waals surface area (Å²) in [7, 11) is 0. The van der Waals surface area contributed by atoms with Crippen molar-refractivity contribution in [2.24, 2.45) is 11.5 Å². The Morgan fingerprint density at radius 3 is 2.04 bits per heavy atom. The third kappa shape index (κ3) is 10.7. The molecule has 4 amide bonds. The molecule has 0 rings (SSSR count). The smallest absolute Gasteiger partial charge is 0.326 e. The lowest BCUT2D eigenvalue weighted by Crippen LogP contribution is -2.52. The van der Waals surface area contributed by atoms with Gasteiger partial charge in [-0.2, -0.15) is 0 Å². The molecule has 0 saturated heterocycles. The van der Waals surface area contributed by atoms with Crippen LogP contribution in [-0.4, -0.2) is 70.5 Å². The van der Waals surface area contributed by atoms with Crippen LogP contribution in [0.1, 0.15) is 32.6 Å². The summed E-state index contributed by atoms with van der Waals surface area (Å²) in [6.45, 7) is 0.752. The first kappa shape index (κ1) is 24.8. The lowest BCUT2D eigenvalue weighted by molar-refractivity contribution is -0.143. The van der Waals surface area contributed by atoms with E-state index in [0.29, 0.717) is 0 Å². The van der Waals surface area contributed by atoms with Gasteiger partial charge in [-0.1, -0.05) is 0 Å². The number of amides is 4. The minimum absolute atomic E-state index is 0.00479. The van der Waals surface area contributed by atoms with Crippen molar-refractivity contribution in [2.75, 3.05) is 6.54 Å². The van der Waals surface area contributed by atoms with Crippen LogP contribution in [0.2, 0.25) is 0 Å². The van der Waals surface area contributed by atoms with Crippen LogP contribution in [0.5, 0.6) is 0 Å². The summed E-state index contributed by atoms with van der Waals surface area (Å²) < 4.78 is 0. The monoisotopic (exact) mass is 403 g/mol. The van der Waals surface area contributed by atoms with Crippen molar-refractivity contribution in [2.45, 2.75) is 50.7 Å². The van der Waals surface area contributed by atoms with E-state index in [4.69, 9.17) is 21.7 Å². The Morgan fingerprint density at radius 1 is 0.929 bits per heavy atom. The number of carbonyl (C=O) groups is 6. The van der Waals surface area contributed by atoms with Gasteiger partial charge in [0.15, 0.2) is 0 Å². The Bertz CT molecular complexity index is 624. The molecule has 0 aromatic carbocycles. The van der Waals surface area contributed by atoms with E-state index < -0.39 is 66.7 Å². The number of carboxylic acid groups (broad SMARTS) is 2. The fraction of sp³-hybridized carbons (Fsp3) is 0.600. The lowest BCUT2D eigenvalue weighted by atomic mass is 10.1. The zero-order valence-corrected chi connectivity index (χ0v) is 15.3. The molecule has 13 heteroatoms. The van der Waals surface area contributed by atoms with Gasteiger partial charge in [-0.05, 0) is 19.8 Å². The molecule has 0 aliphatic rings. The van der Waals surface area contributed by atoms with Crippen molar-refractivity contribution in [3.8, 4) is 0 Å². The minimum Gasteiger partial charge on any atom is -0.481 e. The van der Waals surface area contributed by atoms with E-state index >= 15 is 0 Å². The predicted molar refractivity (Wildman–Crippen MR) is 93.5 cm³/mol. The van der Waals surface area contributed by atoms with Gasteiger partial charge in [0.25, 0.3) is 0 Å². The van der Waals surface area contributed by atoms with E-state index in [0.717, 1.165) is 0 Å². The predicted octanol–water partition coefficient (Wildman–Crippen LogP) is -3.37. The summed E-state index contributed by atoms with van der Waals surface area (Å²) in [6, 6.07) is -3.51. The maximum Gasteiger partial charge on any atom is 0.326 e. The molecule has 0 aliphatic heterocycles. The van der Waals surface area contributed by atoms with E-state index in [2.05, 4.69) is 16.0 Å². The van der Waals surface area contributed by atoms with E-state index in [1.165, 1.54) is 6.92 Å². The van der Waals surface area contributed by atoms with Crippen LogP contribution in [0.4, 0.5) is 0 Å². The summed E-state index contributed by atoms with van der Waals surface area (Å²) in [4.78, 5) is 67.5. The molecule has 0 saturated carbocycles. The largest absolute Gasteiger partial charge is 0.481 e. The van der Waals surface area contributed by atoms with Crippen LogP contribution in [0.25, 0.3) is 0 Å². The molecule has 13 nitrogen and oxygen atoms in total. The quantitative estimate of drug-likeness (QED) is 0.162. The van der Waals surface area contributed by atoms with Gasteiger partial charge in [0.2, 0.25) is 23.6 Å². The van der Waals surface area contributed by atoms with Gasteiger partial charge in [0, 0.05) is 12.8 Å². The van der Waals surface area contributed by atoms with Crippen LogP contribution in [-0.2, 0) is 28.8 Å². The van der Waals surface area contributed by atoms with Crippen LogP contribution in [0.15, 0.2) is 0 Å². The van der Waals surface area contributed by atoms with Crippen LogP contribution < -0.4 is 27.4 Å². The fourth-order valence-corrected chi connectivity index (χ4v) is 1.91. The number of nitrogens with two attached hydrogens (primary N) is 2. The molecular weight excluding hydrogens is 378 g/mol. The van der Waals surface area contributed by atoms with Crippen LogP contribution >= 0.6 is 0 Å². The first-order valence-electron chi connectivity index (χ1n) is 8.30. The van der Waals surface area contributed by atoms with Gasteiger partial charge >= 0.3 is 11.9 Å². The molecule has 0 fully saturated rings. The van der Waals surface area contributed by atoms with E-state index in [1.807, 2.05) is 0 Å². The molecule has 0 aromatic heterocycles. The fourth-order valence-electron chi connectivity index (χ4n) is 1.91. The second-order valence-corrected chi connectivity index (χ2v) is 5.95. The summed E-state index contributed by atoms with van der Waals surface area (Å²) in [5.74, 6) is -5.51. The molecule has 3 atom stereocenters. The molecule has 0 bridgehead atoms. The van der Waals surface area contributed by atoms with Gasteiger partial charge in [0.1, 0.15) is 12.1 Å². The highest BCUT2D eigenvalue weighted by Gasteiger charge is 2.23. The standard InChI is InChI=1S/C15H25N5O8/c1-7(19-14(26)8(16)2-4-10(17)21)13(25)18-6-11(22)20-9(15(27)28)3-5-12(23)24/h7-9H,2-6,16H2,1H3,(H2,17,21)(H,18,25)(H,19,26)(H,20,22)(H,23,24)(H,27,28). The van der Waals surface area contributed by atoms with Crippen molar-refractivity contribution < 1.29 is 39.0 Å². The van der Waals surface area contributed by atoms with Crippen molar-refractivity contribution in [3.05, 3.63) is 0 Å². The van der Waals surface area contributed by atoms with E-state index in [1.54, 1.807) is 0 Å². The number of carbonyl (C=O) groups excluding carboxylic acids is 4. The Kier molecular flexibility index (Phi) is 10.8. The second-order valence-electron chi connectivity index (χ2n) is 5.95. The zero-order valence-electron chi connectivity index (χ0n) is 15.3.